The van der Waals surface area contributed by atoms with Crippen molar-refractivity contribution < 1.29 is 19.9 Å². The zero-order valence-electron chi connectivity index (χ0n) is 9.29. The lowest BCUT2D eigenvalue weighted by Gasteiger charge is -2.10. The average Bonchev–Trinajstić information content (AvgIpc) is 2.35. The minimum atomic E-state index is -1.00. The van der Waals surface area contributed by atoms with E-state index in [0.717, 1.165) is 0 Å². The van der Waals surface area contributed by atoms with Crippen LogP contribution in [0.4, 0.5) is 11.4 Å². The van der Waals surface area contributed by atoms with Gasteiger partial charge in [-0.05, 0) is 12.1 Å². The number of aliphatic hydroxyl groups is 2. The van der Waals surface area contributed by atoms with E-state index in [9.17, 15) is 10.1 Å². The predicted octanol–water partition coefficient (Wildman–Crippen LogP) is 0.368. The number of nitrogens with one attached hydrogen (secondary N) is 1. The van der Waals surface area contributed by atoms with Crippen LogP contribution in [0.25, 0.3) is 0 Å². The van der Waals surface area contributed by atoms with Gasteiger partial charge in [-0.2, -0.15) is 0 Å². The molecule has 0 aliphatic rings. The molecule has 17 heavy (non-hydrogen) atoms. The number of nitro benzene ring substituents is 1. The number of aliphatic hydroxyl groups excluding tert-OH is 2. The van der Waals surface area contributed by atoms with Crippen LogP contribution in [-0.2, 0) is 0 Å². The van der Waals surface area contributed by atoms with E-state index in [0.29, 0.717) is 5.69 Å². The van der Waals surface area contributed by atoms with Crippen molar-refractivity contribution in [2.24, 2.45) is 0 Å². The van der Waals surface area contributed by atoms with E-state index in [1.165, 1.54) is 12.1 Å². The molecule has 94 valence electrons. The fourth-order valence-corrected chi connectivity index (χ4v) is 1.21. The molecule has 7 heteroatoms. The molecule has 3 N–H and O–H groups in total. The molecule has 0 saturated heterocycles. The second-order valence-corrected chi connectivity index (χ2v) is 3.33. The van der Waals surface area contributed by atoms with Gasteiger partial charge in [0.25, 0.3) is 5.69 Å². The molecule has 1 rings (SSSR count). The van der Waals surface area contributed by atoms with Crippen LogP contribution in [0.15, 0.2) is 18.2 Å². The summed E-state index contributed by atoms with van der Waals surface area (Å²) in [5.74, 6) is 0.267. The molecule has 0 spiro atoms. The van der Waals surface area contributed by atoms with E-state index >= 15 is 0 Å². The number of benzene rings is 1. The molecule has 0 aromatic heterocycles. The maximum Gasteiger partial charge on any atom is 0.296 e. The summed E-state index contributed by atoms with van der Waals surface area (Å²) in [5.41, 5.74) is 0.272. The number of anilines is 1. The molecule has 0 amide bonds. The molecule has 0 saturated carbocycles. The van der Waals surface area contributed by atoms with Gasteiger partial charge >= 0.3 is 0 Å². The van der Waals surface area contributed by atoms with Crippen LogP contribution < -0.4 is 10.1 Å². The average molecular weight is 242 g/mol. The van der Waals surface area contributed by atoms with E-state index in [1.54, 1.807) is 13.1 Å². The Kier molecular flexibility index (Phi) is 4.68. The molecule has 1 aromatic carbocycles. The van der Waals surface area contributed by atoms with Crippen molar-refractivity contribution in [2.45, 2.75) is 6.10 Å². The van der Waals surface area contributed by atoms with Crippen LogP contribution in [0, 0.1) is 10.1 Å². The predicted molar refractivity (Wildman–Crippen MR) is 61.2 cm³/mol. The lowest BCUT2D eigenvalue weighted by Crippen LogP contribution is -2.21. The van der Waals surface area contributed by atoms with Crippen LogP contribution in [0.3, 0.4) is 0 Å². The molecule has 0 aliphatic heterocycles. The number of hydrogen-bond acceptors (Lipinski definition) is 6. The Morgan fingerprint density at radius 2 is 2.29 bits per heavy atom. The van der Waals surface area contributed by atoms with Gasteiger partial charge in [0.2, 0.25) is 0 Å². The fraction of sp³-hybridized carbons (Fsp3) is 0.400. The summed E-state index contributed by atoms with van der Waals surface area (Å²) in [6.07, 6.45) is -1.00. The second kappa shape index (κ2) is 6.02. The molecule has 0 bridgehead atoms. The van der Waals surface area contributed by atoms with Crippen LogP contribution in [0.5, 0.6) is 5.75 Å². The van der Waals surface area contributed by atoms with Gasteiger partial charge in [0.1, 0.15) is 24.1 Å². The van der Waals surface area contributed by atoms with E-state index < -0.39 is 17.6 Å². The van der Waals surface area contributed by atoms with Gasteiger partial charge in [0.05, 0.1) is 17.6 Å². The number of ether oxygens (including phenoxy) is 1. The van der Waals surface area contributed by atoms with Crippen molar-refractivity contribution in [1.82, 2.24) is 0 Å². The third kappa shape index (κ3) is 3.58. The van der Waals surface area contributed by atoms with Crippen molar-refractivity contribution in [1.29, 1.82) is 0 Å². The topological polar surface area (TPSA) is 105 Å². The quantitative estimate of drug-likeness (QED) is 0.491. The summed E-state index contributed by atoms with van der Waals surface area (Å²) in [7, 11) is 1.58. The highest BCUT2D eigenvalue weighted by molar-refractivity contribution is 5.63. The van der Waals surface area contributed by atoms with Gasteiger partial charge in [-0.3, -0.25) is 10.1 Å². The standard InChI is InChI=1S/C10H14N2O5/c1-11-9-3-2-8(4-10(9)12(15)16)17-6-7(14)5-13/h2-4,7,11,13-14H,5-6H2,1H3. The summed E-state index contributed by atoms with van der Waals surface area (Å²) in [4.78, 5) is 10.2. The summed E-state index contributed by atoms with van der Waals surface area (Å²) in [5, 5.41) is 31.1. The smallest absolute Gasteiger partial charge is 0.296 e. The van der Waals surface area contributed by atoms with Gasteiger partial charge in [0.15, 0.2) is 0 Å². The minimum Gasteiger partial charge on any atom is -0.491 e. The van der Waals surface area contributed by atoms with Gasteiger partial charge in [-0.25, -0.2) is 0 Å². The molecule has 1 atom stereocenters. The summed E-state index contributed by atoms with van der Waals surface area (Å²) < 4.78 is 5.11. The first-order chi connectivity index (χ1) is 8.08. The molecular weight excluding hydrogens is 228 g/mol. The summed E-state index contributed by atoms with van der Waals surface area (Å²) >= 11 is 0. The Labute approximate surface area is 97.8 Å². The number of nitrogens with zero attached hydrogens (tertiary/aromatic N) is 1. The number of nitro groups is 1. The van der Waals surface area contributed by atoms with Crippen LogP contribution in [0.1, 0.15) is 0 Å². The van der Waals surface area contributed by atoms with Crippen molar-refractivity contribution >= 4 is 11.4 Å². The summed E-state index contributed by atoms with van der Waals surface area (Å²) in [6.45, 7) is -0.538. The molecule has 1 aromatic rings. The Hall–Kier alpha value is -1.86. The Morgan fingerprint density at radius 1 is 1.59 bits per heavy atom. The molecule has 1 unspecified atom stereocenters. The van der Waals surface area contributed by atoms with E-state index in [2.05, 4.69) is 5.32 Å². The lowest BCUT2D eigenvalue weighted by atomic mass is 10.2. The minimum absolute atomic E-state index is 0.108. The van der Waals surface area contributed by atoms with Gasteiger partial charge in [-0.1, -0.05) is 0 Å². The van der Waals surface area contributed by atoms with Gasteiger partial charge in [0, 0.05) is 7.05 Å². The van der Waals surface area contributed by atoms with Gasteiger partial charge in [-0.15, -0.1) is 0 Å². The van der Waals surface area contributed by atoms with Crippen LogP contribution >= 0.6 is 0 Å². The van der Waals surface area contributed by atoms with Crippen molar-refractivity contribution in [3.05, 3.63) is 28.3 Å². The van der Waals surface area contributed by atoms with Gasteiger partial charge < -0.3 is 20.3 Å². The van der Waals surface area contributed by atoms with Crippen LogP contribution in [-0.4, -0.2) is 41.5 Å². The van der Waals surface area contributed by atoms with E-state index in [4.69, 9.17) is 14.9 Å². The number of hydrogen-bond donors (Lipinski definition) is 3. The number of rotatable bonds is 6. The highest BCUT2D eigenvalue weighted by Crippen LogP contribution is 2.28. The second-order valence-electron chi connectivity index (χ2n) is 3.33. The largest absolute Gasteiger partial charge is 0.491 e. The Balaban J connectivity index is 2.81. The first-order valence-corrected chi connectivity index (χ1v) is 4.96. The van der Waals surface area contributed by atoms with Crippen molar-refractivity contribution in [3.63, 3.8) is 0 Å². The maximum atomic E-state index is 10.7. The lowest BCUT2D eigenvalue weighted by molar-refractivity contribution is -0.384. The monoisotopic (exact) mass is 242 g/mol. The molecule has 0 heterocycles. The molecule has 0 aliphatic carbocycles. The molecular formula is C10H14N2O5. The first kappa shape index (κ1) is 13.2. The third-order valence-electron chi connectivity index (χ3n) is 2.09. The SMILES string of the molecule is CNc1ccc(OCC(O)CO)cc1[N+](=O)[O-]. The van der Waals surface area contributed by atoms with Crippen molar-refractivity contribution in [3.8, 4) is 5.75 Å². The zero-order chi connectivity index (χ0) is 12.8. The molecule has 0 fully saturated rings. The van der Waals surface area contributed by atoms with Crippen molar-refractivity contribution in [2.75, 3.05) is 25.6 Å². The Morgan fingerprint density at radius 3 is 2.82 bits per heavy atom. The third-order valence-corrected chi connectivity index (χ3v) is 2.09. The fourth-order valence-electron chi connectivity index (χ4n) is 1.21. The van der Waals surface area contributed by atoms with E-state index in [1.807, 2.05) is 0 Å². The zero-order valence-corrected chi connectivity index (χ0v) is 9.29. The first-order valence-electron chi connectivity index (χ1n) is 4.96. The summed E-state index contributed by atoms with van der Waals surface area (Å²) in [6, 6.07) is 4.32. The Bertz CT molecular complexity index is 396. The molecule has 7 nitrogen and oxygen atoms in total. The highest BCUT2D eigenvalue weighted by atomic mass is 16.6. The molecule has 0 radical (unpaired) electrons. The highest BCUT2D eigenvalue weighted by Gasteiger charge is 2.14. The normalized spacial score (nSPS) is 11.9. The maximum absolute atomic E-state index is 10.7. The van der Waals surface area contributed by atoms with E-state index in [-0.39, 0.29) is 18.0 Å². The van der Waals surface area contributed by atoms with Crippen LogP contribution in [0.2, 0.25) is 0 Å².